The maximum atomic E-state index is 12.8. The third kappa shape index (κ3) is 4.50. The molecule has 35 heavy (non-hydrogen) atoms. The lowest BCUT2D eigenvalue weighted by molar-refractivity contribution is -0.157. The number of ether oxygens (including phenoxy) is 1. The maximum absolute atomic E-state index is 12.8. The summed E-state index contributed by atoms with van der Waals surface area (Å²) in [5, 5.41) is 0.979. The van der Waals surface area contributed by atoms with E-state index < -0.39 is 11.4 Å². The molecule has 1 aliphatic rings. The van der Waals surface area contributed by atoms with E-state index in [0.29, 0.717) is 31.7 Å². The second-order valence-corrected chi connectivity index (χ2v) is 8.78. The number of hydroxylamine groups is 1. The fraction of sp³-hybridized carbons (Fsp3) is 0.214. The minimum atomic E-state index is -0.756. The van der Waals surface area contributed by atoms with Crippen molar-refractivity contribution < 1.29 is 23.6 Å². The average Bonchev–Trinajstić information content (AvgIpc) is 3.56. The topological polar surface area (TPSA) is 104 Å². The summed E-state index contributed by atoms with van der Waals surface area (Å²) < 4.78 is 12.0. The van der Waals surface area contributed by atoms with Crippen LogP contribution in [0.1, 0.15) is 36.5 Å². The number of carbonyl (C=O) groups excluding carboxylic acids is 2. The molecular weight excluding hydrogens is 444 g/mol. The Morgan fingerprint density at radius 3 is 2.63 bits per heavy atom. The van der Waals surface area contributed by atoms with Crippen LogP contribution >= 0.6 is 0 Å². The normalized spacial score (nSPS) is 13.9. The third-order valence-electron chi connectivity index (χ3n) is 6.35. The van der Waals surface area contributed by atoms with Crippen molar-refractivity contribution in [3.05, 3.63) is 89.7 Å². The number of hydrogen-bond donors (Lipinski definition) is 2. The quantitative estimate of drug-likeness (QED) is 0.377. The Morgan fingerprint density at radius 1 is 1.03 bits per heavy atom. The lowest BCUT2D eigenvalue weighted by atomic mass is 9.94. The molecule has 0 radical (unpaired) electrons. The second kappa shape index (κ2) is 9.27. The van der Waals surface area contributed by atoms with Crippen LogP contribution in [0.2, 0.25) is 0 Å². The first-order valence-electron chi connectivity index (χ1n) is 11.5. The number of hydrogen-bond acceptors (Lipinski definition) is 6. The molecule has 0 bridgehead atoms. The minimum absolute atomic E-state index is 0.309. The van der Waals surface area contributed by atoms with Gasteiger partial charge in [0, 0.05) is 30.0 Å². The van der Waals surface area contributed by atoms with Crippen LogP contribution in [0, 0.1) is 0 Å². The van der Waals surface area contributed by atoms with Crippen LogP contribution in [0.5, 0.6) is 5.75 Å². The number of nitrogens with two attached hydrogens (primary N) is 1. The van der Waals surface area contributed by atoms with Gasteiger partial charge in [-0.15, -0.1) is 0 Å². The van der Waals surface area contributed by atoms with Crippen LogP contribution in [0.3, 0.4) is 0 Å². The molecule has 0 spiro atoms. The highest BCUT2D eigenvalue weighted by Gasteiger charge is 2.53. The van der Waals surface area contributed by atoms with Gasteiger partial charge in [-0.1, -0.05) is 36.4 Å². The zero-order valence-corrected chi connectivity index (χ0v) is 19.4. The van der Waals surface area contributed by atoms with Gasteiger partial charge in [-0.3, -0.25) is 9.59 Å². The Balaban J connectivity index is 1.42. The van der Waals surface area contributed by atoms with Gasteiger partial charge in [-0.25, -0.2) is 0 Å². The molecule has 3 aromatic carbocycles. The Bertz CT molecular complexity index is 1400. The van der Waals surface area contributed by atoms with E-state index in [9.17, 15) is 9.59 Å². The molecule has 0 saturated heterocycles. The minimum Gasteiger partial charge on any atom is -0.489 e. The van der Waals surface area contributed by atoms with E-state index in [1.165, 1.54) is 6.92 Å². The first kappa shape index (κ1) is 22.7. The first-order valence-corrected chi connectivity index (χ1v) is 11.5. The molecule has 7 nitrogen and oxygen atoms in total. The summed E-state index contributed by atoms with van der Waals surface area (Å²) in [4.78, 5) is 28.6. The number of carbonyl (C=O) groups is 2. The first-order chi connectivity index (χ1) is 17.0. The van der Waals surface area contributed by atoms with Gasteiger partial charge in [0.1, 0.15) is 17.9 Å². The molecule has 178 valence electrons. The van der Waals surface area contributed by atoms with Crippen LogP contribution in [0.25, 0.3) is 22.1 Å². The fourth-order valence-corrected chi connectivity index (χ4v) is 4.42. The van der Waals surface area contributed by atoms with E-state index in [1.807, 2.05) is 54.6 Å². The number of amides is 1. The molecule has 1 fully saturated rings. The molecule has 7 heteroatoms. The molecule has 5 rings (SSSR count). The monoisotopic (exact) mass is 470 g/mol. The molecule has 1 saturated carbocycles. The van der Waals surface area contributed by atoms with Gasteiger partial charge in [-0.05, 0) is 59.9 Å². The maximum Gasteiger partial charge on any atom is 0.329 e. The van der Waals surface area contributed by atoms with Crippen molar-refractivity contribution in [2.45, 2.75) is 38.3 Å². The number of fused-ring (bicyclic) bond motifs is 1. The van der Waals surface area contributed by atoms with Crippen molar-refractivity contribution in [2.24, 2.45) is 5.73 Å². The smallest absolute Gasteiger partial charge is 0.329 e. The molecule has 4 aromatic rings. The number of benzene rings is 3. The molecule has 1 amide bonds. The van der Waals surface area contributed by atoms with Crippen LogP contribution in [-0.4, -0.2) is 11.9 Å². The van der Waals surface area contributed by atoms with E-state index in [1.54, 1.807) is 6.26 Å². The van der Waals surface area contributed by atoms with Crippen LogP contribution in [0.15, 0.2) is 77.4 Å². The predicted octanol–water partition coefficient (Wildman–Crippen LogP) is 4.76. The average molecular weight is 471 g/mol. The van der Waals surface area contributed by atoms with Gasteiger partial charge >= 0.3 is 5.97 Å². The Labute approximate surface area is 202 Å². The largest absolute Gasteiger partial charge is 0.489 e. The van der Waals surface area contributed by atoms with E-state index in [0.717, 1.165) is 38.8 Å². The highest BCUT2D eigenvalue weighted by atomic mass is 16.7. The van der Waals surface area contributed by atoms with Crippen molar-refractivity contribution in [3.63, 3.8) is 0 Å². The van der Waals surface area contributed by atoms with E-state index >= 15 is 0 Å². The highest BCUT2D eigenvalue weighted by molar-refractivity contribution is 5.93. The standard InChI is InChI=1S/C28H26N2O5/c1-18(31)35-30-27(32)28(10-11-28)24-7-2-3-8-25(24)34-17-20-14-22-9-12-33-26(22)23(15-20)21-6-4-5-19(13-21)16-29/h2-9,12-15H,10-11,16-17,29H2,1H3,(H,30,32). The van der Waals surface area contributed by atoms with Crippen molar-refractivity contribution in [3.8, 4) is 16.9 Å². The Hall–Kier alpha value is -4.10. The van der Waals surface area contributed by atoms with Crippen molar-refractivity contribution in [1.82, 2.24) is 5.48 Å². The van der Waals surface area contributed by atoms with E-state index in [4.69, 9.17) is 19.7 Å². The number of furan rings is 1. The predicted molar refractivity (Wildman–Crippen MR) is 131 cm³/mol. The molecular formula is C28H26N2O5. The lowest BCUT2D eigenvalue weighted by Gasteiger charge is -2.19. The van der Waals surface area contributed by atoms with E-state index in [-0.39, 0.29) is 5.91 Å². The van der Waals surface area contributed by atoms with Crippen molar-refractivity contribution in [2.75, 3.05) is 0 Å². The van der Waals surface area contributed by atoms with Gasteiger partial charge < -0.3 is 19.7 Å². The zero-order valence-electron chi connectivity index (χ0n) is 19.4. The van der Waals surface area contributed by atoms with Crippen LogP contribution in [0.4, 0.5) is 0 Å². The van der Waals surface area contributed by atoms with Gasteiger partial charge in [0.05, 0.1) is 11.7 Å². The van der Waals surface area contributed by atoms with Gasteiger partial charge in [0.25, 0.3) is 5.91 Å². The summed E-state index contributed by atoms with van der Waals surface area (Å²) in [6, 6.07) is 21.6. The Kier molecular flexibility index (Phi) is 6.01. The SMILES string of the molecule is CC(=O)ONC(=O)C1(c2ccccc2OCc2cc(-c3cccc(CN)c3)c3occc3c2)CC1. The van der Waals surface area contributed by atoms with Gasteiger partial charge in [-0.2, -0.15) is 5.48 Å². The second-order valence-electron chi connectivity index (χ2n) is 8.78. The molecule has 0 atom stereocenters. The lowest BCUT2D eigenvalue weighted by Crippen LogP contribution is -2.36. The van der Waals surface area contributed by atoms with E-state index in [2.05, 4.69) is 17.6 Å². The van der Waals surface area contributed by atoms with Gasteiger partial charge in [0.2, 0.25) is 0 Å². The molecule has 1 heterocycles. The summed E-state index contributed by atoms with van der Waals surface area (Å²) in [5.74, 6) is -0.284. The van der Waals surface area contributed by atoms with Crippen molar-refractivity contribution >= 4 is 22.8 Å². The molecule has 3 N–H and O–H groups in total. The zero-order chi connectivity index (χ0) is 24.4. The third-order valence-corrected chi connectivity index (χ3v) is 6.35. The number of rotatable bonds is 7. The summed E-state index contributed by atoms with van der Waals surface area (Å²) in [6.07, 6.45) is 2.99. The molecule has 1 aromatic heterocycles. The number of para-hydroxylation sites is 1. The van der Waals surface area contributed by atoms with Crippen LogP contribution in [-0.2, 0) is 33.0 Å². The van der Waals surface area contributed by atoms with Crippen molar-refractivity contribution in [1.29, 1.82) is 0 Å². The Morgan fingerprint density at radius 2 is 1.86 bits per heavy atom. The summed E-state index contributed by atoms with van der Waals surface area (Å²) in [5.41, 5.74) is 13.0. The van der Waals surface area contributed by atoms with Crippen LogP contribution < -0.4 is 16.0 Å². The summed E-state index contributed by atoms with van der Waals surface area (Å²) in [7, 11) is 0. The van der Waals surface area contributed by atoms with Gasteiger partial charge in [0.15, 0.2) is 0 Å². The number of nitrogens with one attached hydrogen (secondary N) is 1. The summed E-state index contributed by atoms with van der Waals surface area (Å²) >= 11 is 0. The summed E-state index contributed by atoms with van der Waals surface area (Å²) in [6.45, 7) is 2.01. The molecule has 1 aliphatic carbocycles. The fourth-order valence-electron chi connectivity index (χ4n) is 4.42. The highest BCUT2D eigenvalue weighted by Crippen LogP contribution is 2.51. The molecule has 0 aliphatic heterocycles. The molecule has 0 unspecified atom stereocenters.